The maximum Gasteiger partial charge on any atom is 0.263 e. The predicted molar refractivity (Wildman–Crippen MR) is 119 cm³/mol. The number of nitriles is 1. The van der Waals surface area contributed by atoms with Crippen molar-refractivity contribution in [1.29, 1.82) is 5.26 Å². The van der Waals surface area contributed by atoms with Crippen molar-refractivity contribution in [3.05, 3.63) is 70.3 Å². The number of benzene rings is 2. The number of halogens is 1. The molecule has 0 aliphatic heterocycles. The summed E-state index contributed by atoms with van der Waals surface area (Å²) in [6.45, 7) is 3.59. The molecule has 4 rings (SSSR count). The van der Waals surface area contributed by atoms with Crippen LogP contribution in [0.2, 0.25) is 5.02 Å². The highest BCUT2D eigenvalue weighted by Crippen LogP contribution is 2.29. The zero-order valence-electron chi connectivity index (χ0n) is 16.8. The number of thiophene rings is 1. The third-order valence-corrected chi connectivity index (χ3v) is 5.86. The molecule has 1 amide bonds. The number of hydrogen-bond donors (Lipinski definition) is 1. The van der Waals surface area contributed by atoms with Crippen molar-refractivity contribution in [3.8, 4) is 17.5 Å². The number of aromatic nitrogens is 3. The number of hydrogen-bond acceptors (Lipinski definition) is 6. The zero-order chi connectivity index (χ0) is 22.0. The predicted octanol–water partition coefficient (Wildman–Crippen LogP) is 4.48. The molecule has 0 aliphatic carbocycles. The van der Waals surface area contributed by atoms with Gasteiger partial charge in [-0.05, 0) is 56.3 Å². The molecule has 4 aromatic rings. The molecule has 156 valence electrons. The fourth-order valence-electron chi connectivity index (χ4n) is 3.02. The van der Waals surface area contributed by atoms with Crippen molar-refractivity contribution in [2.75, 3.05) is 0 Å². The van der Waals surface area contributed by atoms with Gasteiger partial charge < -0.3 is 10.1 Å². The van der Waals surface area contributed by atoms with Crippen molar-refractivity contribution >= 4 is 38.9 Å². The summed E-state index contributed by atoms with van der Waals surface area (Å²) >= 11 is 7.32. The molecule has 0 unspecified atom stereocenters. The van der Waals surface area contributed by atoms with Gasteiger partial charge in [-0.3, -0.25) is 4.79 Å². The molecule has 0 bridgehead atoms. The van der Waals surface area contributed by atoms with E-state index in [0.717, 1.165) is 15.8 Å². The quantitative estimate of drug-likeness (QED) is 0.466. The smallest absolute Gasteiger partial charge is 0.263 e. The Hall–Kier alpha value is -3.41. The van der Waals surface area contributed by atoms with Gasteiger partial charge in [0.15, 0.2) is 5.60 Å². The van der Waals surface area contributed by atoms with Crippen LogP contribution < -0.4 is 10.1 Å². The number of nitrogens with zero attached hydrogens (tertiary/aromatic N) is 4. The Balaban J connectivity index is 1.45. The maximum absolute atomic E-state index is 12.7. The summed E-state index contributed by atoms with van der Waals surface area (Å²) in [7, 11) is 0. The number of carbonyl (C=O) groups is 1. The molecule has 0 radical (unpaired) electrons. The largest absolute Gasteiger partial charge is 0.478 e. The number of ether oxygens (including phenoxy) is 1. The lowest BCUT2D eigenvalue weighted by Gasteiger charge is -2.25. The summed E-state index contributed by atoms with van der Waals surface area (Å²) in [6, 6.07) is 16.6. The van der Waals surface area contributed by atoms with Crippen molar-refractivity contribution < 1.29 is 9.53 Å². The van der Waals surface area contributed by atoms with Crippen molar-refractivity contribution in [3.63, 3.8) is 0 Å². The number of rotatable bonds is 6. The normalized spacial score (nSPS) is 11.3. The molecule has 0 saturated carbocycles. The van der Waals surface area contributed by atoms with Gasteiger partial charge in [0.2, 0.25) is 0 Å². The first-order chi connectivity index (χ1) is 14.9. The van der Waals surface area contributed by atoms with Crippen LogP contribution >= 0.6 is 22.9 Å². The molecule has 2 aromatic heterocycles. The van der Waals surface area contributed by atoms with E-state index in [1.54, 1.807) is 49.0 Å². The molecule has 0 aliphatic rings. The molecule has 7 nitrogen and oxygen atoms in total. The van der Waals surface area contributed by atoms with Gasteiger partial charge in [-0.1, -0.05) is 22.9 Å². The summed E-state index contributed by atoms with van der Waals surface area (Å²) < 4.78 is 8.45. The van der Waals surface area contributed by atoms with Crippen LogP contribution in [0.5, 0.6) is 5.75 Å². The van der Waals surface area contributed by atoms with E-state index < -0.39 is 5.60 Å². The Bertz CT molecular complexity index is 1290. The lowest BCUT2D eigenvalue weighted by Crippen LogP contribution is -2.46. The lowest BCUT2D eigenvalue weighted by molar-refractivity contribution is -0.134. The van der Waals surface area contributed by atoms with Crippen molar-refractivity contribution in [1.82, 2.24) is 20.3 Å². The SMILES string of the molecule is CC(C)(Oc1ccc(Cl)cc1)C(=O)NCc1cn(-c2cccc3sc(C#N)cc23)nn1. The van der Waals surface area contributed by atoms with E-state index >= 15 is 0 Å². The molecule has 0 saturated heterocycles. The summed E-state index contributed by atoms with van der Waals surface area (Å²) in [5.74, 6) is 0.270. The molecular formula is C22H18ClN5O2S. The molecule has 2 heterocycles. The monoisotopic (exact) mass is 451 g/mol. The fourth-order valence-corrected chi connectivity index (χ4v) is 4.03. The van der Waals surface area contributed by atoms with Gasteiger partial charge in [-0.2, -0.15) is 5.26 Å². The van der Waals surface area contributed by atoms with Gasteiger partial charge in [0.05, 0.1) is 18.4 Å². The van der Waals surface area contributed by atoms with Crippen LogP contribution in [0.25, 0.3) is 15.8 Å². The Labute approximate surface area is 187 Å². The second-order valence-electron chi connectivity index (χ2n) is 7.31. The molecule has 2 aromatic carbocycles. The summed E-state index contributed by atoms with van der Waals surface area (Å²) in [5.41, 5.74) is 0.342. The average Bonchev–Trinajstić information content (AvgIpc) is 3.40. The number of carbonyl (C=O) groups excluding carboxylic acids is 1. The molecule has 9 heteroatoms. The van der Waals surface area contributed by atoms with Gasteiger partial charge in [0.1, 0.15) is 22.4 Å². The van der Waals surface area contributed by atoms with E-state index in [-0.39, 0.29) is 12.5 Å². The molecule has 0 fully saturated rings. The van der Waals surface area contributed by atoms with E-state index in [9.17, 15) is 4.79 Å². The second-order valence-corrected chi connectivity index (χ2v) is 8.84. The first-order valence-electron chi connectivity index (χ1n) is 9.43. The minimum atomic E-state index is -1.08. The third kappa shape index (κ3) is 4.53. The van der Waals surface area contributed by atoms with Gasteiger partial charge in [-0.15, -0.1) is 16.4 Å². The standard InChI is InChI=1S/C22H18ClN5O2S/c1-22(2,30-16-8-6-14(23)7-9-16)21(29)25-12-15-13-28(27-26-15)19-4-3-5-20-18(19)10-17(11-24)31-20/h3-10,13H,12H2,1-2H3,(H,25,29). The Morgan fingerprint density at radius 1 is 1.29 bits per heavy atom. The van der Waals surface area contributed by atoms with Crippen molar-refractivity contribution in [2.24, 2.45) is 0 Å². The van der Waals surface area contributed by atoms with Crippen LogP contribution in [-0.2, 0) is 11.3 Å². The summed E-state index contributed by atoms with van der Waals surface area (Å²) in [6.07, 6.45) is 1.76. The van der Waals surface area contributed by atoms with Gasteiger partial charge >= 0.3 is 0 Å². The van der Waals surface area contributed by atoms with Gasteiger partial charge in [0, 0.05) is 15.1 Å². The molecule has 0 spiro atoms. The molecule has 1 N–H and O–H groups in total. The van der Waals surface area contributed by atoms with E-state index in [1.165, 1.54) is 11.3 Å². The minimum absolute atomic E-state index is 0.204. The van der Waals surface area contributed by atoms with Crippen LogP contribution in [-0.4, -0.2) is 26.5 Å². The number of fused-ring (bicyclic) bond motifs is 1. The third-order valence-electron chi connectivity index (χ3n) is 4.60. The Kier molecular flexibility index (Phi) is 5.63. The number of amides is 1. The van der Waals surface area contributed by atoms with Crippen LogP contribution in [0, 0.1) is 11.3 Å². The molecule has 31 heavy (non-hydrogen) atoms. The summed E-state index contributed by atoms with van der Waals surface area (Å²) in [4.78, 5) is 13.3. The second kappa shape index (κ2) is 8.38. The highest BCUT2D eigenvalue weighted by Gasteiger charge is 2.30. The first kappa shape index (κ1) is 20.8. The zero-order valence-corrected chi connectivity index (χ0v) is 18.4. The van der Waals surface area contributed by atoms with E-state index in [0.29, 0.717) is 21.3 Å². The highest BCUT2D eigenvalue weighted by molar-refractivity contribution is 7.19. The topological polar surface area (TPSA) is 92.8 Å². The Morgan fingerprint density at radius 3 is 2.81 bits per heavy atom. The van der Waals surface area contributed by atoms with E-state index in [4.69, 9.17) is 21.6 Å². The molecule has 0 atom stereocenters. The van der Waals surface area contributed by atoms with E-state index in [1.807, 2.05) is 24.3 Å². The van der Waals surface area contributed by atoms with Crippen LogP contribution in [0.1, 0.15) is 24.4 Å². The number of nitrogens with one attached hydrogen (secondary N) is 1. The average molecular weight is 452 g/mol. The van der Waals surface area contributed by atoms with Gasteiger partial charge in [0.25, 0.3) is 5.91 Å². The van der Waals surface area contributed by atoms with Crippen LogP contribution in [0.15, 0.2) is 54.7 Å². The Morgan fingerprint density at radius 2 is 2.06 bits per heavy atom. The fraction of sp³-hybridized carbons (Fsp3) is 0.182. The van der Waals surface area contributed by atoms with Crippen LogP contribution in [0.4, 0.5) is 0 Å². The van der Waals surface area contributed by atoms with Crippen LogP contribution in [0.3, 0.4) is 0 Å². The first-order valence-corrected chi connectivity index (χ1v) is 10.6. The summed E-state index contributed by atoms with van der Waals surface area (Å²) in [5, 5.41) is 21.9. The lowest BCUT2D eigenvalue weighted by atomic mass is 10.1. The highest BCUT2D eigenvalue weighted by atomic mass is 35.5. The van der Waals surface area contributed by atoms with E-state index in [2.05, 4.69) is 21.7 Å². The van der Waals surface area contributed by atoms with Crippen molar-refractivity contribution in [2.45, 2.75) is 26.0 Å². The molecular weight excluding hydrogens is 434 g/mol. The van der Waals surface area contributed by atoms with Gasteiger partial charge in [-0.25, -0.2) is 4.68 Å². The maximum atomic E-state index is 12.7. The minimum Gasteiger partial charge on any atom is -0.478 e.